The average Bonchev–Trinajstić information content (AvgIpc) is 2.85. The van der Waals surface area contributed by atoms with Crippen LogP contribution in [-0.2, 0) is 38.1 Å². The van der Waals surface area contributed by atoms with E-state index in [-0.39, 0.29) is 105 Å². The summed E-state index contributed by atoms with van der Waals surface area (Å²) in [6.07, 6.45) is 0.836. The molecule has 0 aliphatic rings. The zero-order valence-corrected chi connectivity index (χ0v) is 28.1. The van der Waals surface area contributed by atoms with Gasteiger partial charge in [-0.2, -0.15) is 11.8 Å². The van der Waals surface area contributed by atoms with E-state index in [0.717, 1.165) is 5.75 Å². The van der Waals surface area contributed by atoms with Gasteiger partial charge in [-0.1, -0.05) is 34.6 Å². The van der Waals surface area contributed by atoms with Crippen LogP contribution in [-0.4, -0.2) is 91.1 Å². The standard InChI is InChI=1S/C31H57NO8S/c1-11-41-30(9,10)19-40-29(7,8)18-28(36)32-31(20-37-15-12-25(6)33,21-38-16-13-26(34)23(2)3)22-39-17-14-27(35)24(4)5/h23-24H,11-22H2,1-10H3,(H,32,36). The van der Waals surface area contributed by atoms with Gasteiger partial charge in [-0.3, -0.25) is 19.2 Å². The van der Waals surface area contributed by atoms with Gasteiger partial charge in [-0.05, 0) is 40.4 Å². The van der Waals surface area contributed by atoms with Crippen LogP contribution in [0.25, 0.3) is 0 Å². The first-order valence-corrected chi connectivity index (χ1v) is 15.8. The number of rotatable bonds is 25. The number of ether oxygens (including phenoxy) is 4. The van der Waals surface area contributed by atoms with Crippen molar-refractivity contribution in [1.29, 1.82) is 0 Å². The van der Waals surface area contributed by atoms with Gasteiger partial charge in [0.15, 0.2) is 0 Å². The molecule has 0 spiro atoms. The Morgan fingerprint density at radius 3 is 1.56 bits per heavy atom. The molecule has 0 saturated carbocycles. The largest absolute Gasteiger partial charge is 0.378 e. The van der Waals surface area contributed by atoms with Crippen LogP contribution >= 0.6 is 11.8 Å². The molecule has 41 heavy (non-hydrogen) atoms. The van der Waals surface area contributed by atoms with Crippen molar-refractivity contribution in [2.24, 2.45) is 11.8 Å². The number of Topliss-reactive ketones (excluding diaryl/α,β-unsaturated/α-hetero) is 3. The molecule has 0 rings (SSSR count). The molecule has 0 aliphatic heterocycles. The van der Waals surface area contributed by atoms with Crippen molar-refractivity contribution in [3.8, 4) is 0 Å². The summed E-state index contributed by atoms with van der Waals surface area (Å²) >= 11 is 1.80. The van der Waals surface area contributed by atoms with Crippen molar-refractivity contribution in [3.05, 3.63) is 0 Å². The molecule has 0 bridgehead atoms. The highest BCUT2D eigenvalue weighted by molar-refractivity contribution is 8.00. The molecule has 0 heterocycles. The Bertz CT molecular complexity index is 782. The Labute approximate surface area is 252 Å². The molecular formula is C31H57NO8S. The van der Waals surface area contributed by atoms with Gasteiger partial charge in [0, 0.05) is 35.8 Å². The minimum Gasteiger partial charge on any atom is -0.378 e. The van der Waals surface area contributed by atoms with Crippen molar-refractivity contribution >= 4 is 35.0 Å². The summed E-state index contributed by atoms with van der Waals surface area (Å²) in [5.74, 6) is 0.678. The fourth-order valence-electron chi connectivity index (χ4n) is 3.75. The van der Waals surface area contributed by atoms with Gasteiger partial charge in [-0.15, -0.1) is 0 Å². The van der Waals surface area contributed by atoms with E-state index in [9.17, 15) is 19.2 Å². The van der Waals surface area contributed by atoms with Crippen molar-refractivity contribution in [3.63, 3.8) is 0 Å². The number of amides is 1. The van der Waals surface area contributed by atoms with E-state index in [1.54, 1.807) is 11.8 Å². The highest BCUT2D eigenvalue weighted by Crippen LogP contribution is 2.27. The van der Waals surface area contributed by atoms with Gasteiger partial charge >= 0.3 is 0 Å². The van der Waals surface area contributed by atoms with E-state index in [0.29, 0.717) is 6.61 Å². The number of ketones is 3. The predicted octanol–water partition coefficient (Wildman–Crippen LogP) is 4.82. The Hall–Kier alpha value is -1.33. The van der Waals surface area contributed by atoms with E-state index in [1.807, 2.05) is 41.5 Å². The molecule has 0 saturated heterocycles. The lowest BCUT2D eigenvalue weighted by Gasteiger charge is -2.36. The molecule has 240 valence electrons. The summed E-state index contributed by atoms with van der Waals surface area (Å²) in [5.41, 5.74) is -1.82. The van der Waals surface area contributed by atoms with E-state index in [1.165, 1.54) is 6.92 Å². The van der Waals surface area contributed by atoms with Crippen molar-refractivity contribution < 1.29 is 38.1 Å². The lowest BCUT2D eigenvalue weighted by atomic mass is 9.99. The zero-order chi connectivity index (χ0) is 31.7. The second-order valence-corrected chi connectivity index (χ2v) is 14.6. The summed E-state index contributed by atoms with van der Waals surface area (Å²) in [6.45, 7) is 20.1. The highest BCUT2D eigenvalue weighted by atomic mass is 32.2. The molecule has 0 aromatic carbocycles. The normalized spacial score (nSPS) is 12.7. The lowest BCUT2D eigenvalue weighted by Crippen LogP contribution is -2.59. The number of hydrogen-bond acceptors (Lipinski definition) is 9. The quantitative estimate of drug-likeness (QED) is 0.147. The number of carbonyl (C=O) groups excluding carboxylic acids is 4. The molecule has 1 amide bonds. The highest BCUT2D eigenvalue weighted by Gasteiger charge is 2.36. The molecule has 10 heteroatoms. The number of thioether (sulfide) groups is 1. The number of hydrogen-bond donors (Lipinski definition) is 1. The maximum absolute atomic E-state index is 13.4. The third-order valence-corrected chi connectivity index (χ3v) is 7.53. The Morgan fingerprint density at radius 2 is 1.17 bits per heavy atom. The average molecular weight is 604 g/mol. The Kier molecular flexibility index (Phi) is 19.1. The summed E-state index contributed by atoms with van der Waals surface area (Å²) in [7, 11) is 0. The van der Waals surface area contributed by atoms with Gasteiger partial charge in [-0.25, -0.2) is 0 Å². The summed E-state index contributed by atoms with van der Waals surface area (Å²) in [6, 6.07) is 0. The molecular weight excluding hydrogens is 546 g/mol. The van der Waals surface area contributed by atoms with Gasteiger partial charge in [0.25, 0.3) is 0 Å². The smallest absolute Gasteiger partial charge is 0.223 e. The molecule has 9 nitrogen and oxygen atoms in total. The zero-order valence-electron chi connectivity index (χ0n) is 27.3. The van der Waals surface area contributed by atoms with Crippen molar-refractivity contribution in [2.45, 2.75) is 111 Å². The molecule has 0 aliphatic carbocycles. The van der Waals surface area contributed by atoms with Gasteiger partial charge in [0.05, 0.1) is 58.3 Å². The minimum absolute atomic E-state index is 0.00501. The molecule has 1 N–H and O–H groups in total. The predicted molar refractivity (Wildman–Crippen MR) is 164 cm³/mol. The minimum atomic E-state index is -1.09. The van der Waals surface area contributed by atoms with Crippen LogP contribution in [0.4, 0.5) is 0 Å². The van der Waals surface area contributed by atoms with Crippen molar-refractivity contribution in [2.75, 3.05) is 52.0 Å². The van der Waals surface area contributed by atoms with Gasteiger partial charge < -0.3 is 24.3 Å². The second kappa shape index (κ2) is 19.8. The summed E-state index contributed by atoms with van der Waals surface area (Å²) in [4.78, 5) is 49.1. The fraction of sp³-hybridized carbons (Fsp3) is 0.871. The van der Waals surface area contributed by atoms with Crippen LogP contribution in [0, 0.1) is 11.8 Å². The van der Waals surface area contributed by atoms with Crippen LogP contribution in [0.5, 0.6) is 0 Å². The second-order valence-electron chi connectivity index (χ2n) is 12.6. The van der Waals surface area contributed by atoms with Crippen LogP contribution in [0.2, 0.25) is 0 Å². The first-order chi connectivity index (χ1) is 18.9. The summed E-state index contributed by atoms with van der Waals surface area (Å²) < 4.78 is 23.7. The third-order valence-electron chi connectivity index (χ3n) is 6.34. The summed E-state index contributed by atoms with van der Waals surface area (Å²) in [5, 5.41) is 3.06. The molecule has 0 unspecified atom stereocenters. The molecule has 0 fully saturated rings. The van der Waals surface area contributed by atoms with Crippen LogP contribution in [0.3, 0.4) is 0 Å². The van der Waals surface area contributed by atoms with E-state index in [4.69, 9.17) is 18.9 Å². The van der Waals surface area contributed by atoms with Crippen molar-refractivity contribution in [1.82, 2.24) is 5.32 Å². The maximum Gasteiger partial charge on any atom is 0.223 e. The fourth-order valence-corrected chi connectivity index (χ4v) is 4.68. The SMILES string of the molecule is CCSC(C)(C)COC(C)(C)CC(=O)NC(COCCC(C)=O)(COCCC(=O)C(C)C)COCCC(=O)C(C)C. The van der Waals surface area contributed by atoms with Gasteiger partial charge in [0.1, 0.15) is 22.9 Å². The van der Waals surface area contributed by atoms with Crippen LogP contribution < -0.4 is 5.32 Å². The molecule has 0 atom stereocenters. The molecule has 0 radical (unpaired) electrons. The first kappa shape index (κ1) is 39.7. The lowest BCUT2D eigenvalue weighted by molar-refractivity contribution is -0.135. The topological polar surface area (TPSA) is 117 Å². The van der Waals surface area contributed by atoms with Crippen LogP contribution in [0.1, 0.15) is 94.9 Å². The third kappa shape index (κ3) is 19.5. The number of nitrogens with one attached hydrogen (secondary N) is 1. The monoisotopic (exact) mass is 603 g/mol. The Balaban J connectivity index is 5.68. The molecule has 0 aromatic heterocycles. The van der Waals surface area contributed by atoms with E-state index in [2.05, 4.69) is 26.1 Å². The molecule has 0 aromatic rings. The van der Waals surface area contributed by atoms with Crippen LogP contribution in [0.15, 0.2) is 0 Å². The number of carbonyl (C=O) groups is 4. The van der Waals surface area contributed by atoms with E-state index < -0.39 is 11.1 Å². The van der Waals surface area contributed by atoms with E-state index >= 15 is 0 Å². The Morgan fingerprint density at radius 1 is 0.732 bits per heavy atom. The first-order valence-electron chi connectivity index (χ1n) is 14.8. The van der Waals surface area contributed by atoms with Gasteiger partial charge in [0.2, 0.25) is 5.91 Å². The maximum atomic E-state index is 13.4.